The van der Waals surface area contributed by atoms with Crippen molar-refractivity contribution >= 4 is 35.9 Å². The molecule has 0 saturated heterocycles. The lowest BCUT2D eigenvalue weighted by molar-refractivity contribution is -0.0331. The van der Waals surface area contributed by atoms with E-state index in [0.717, 1.165) is 16.7 Å². The van der Waals surface area contributed by atoms with Gasteiger partial charge >= 0.3 is 10.1 Å². The molecule has 0 radical (unpaired) electrons. The van der Waals surface area contributed by atoms with E-state index in [1.807, 2.05) is 130 Å². The number of allylic oxidation sites excluding steroid dienone is 1. The zero-order chi connectivity index (χ0) is 33.7. The van der Waals surface area contributed by atoms with E-state index < -0.39 is 22.0 Å². The molecule has 0 aliphatic heterocycles. The normalized spacial score (nSPS) is 9.93. The molecule has 0 spiro atoms. The van der Waals surface area contributed by atoms with Gasteiger partial charge in [0.05, 0.1) is 0 Å². The second-order valence-corrected chi connectivity index (χ2v) is 10.4. The Morgan fingerprint density at radius 2 is 1.02 bits per heavy atom. The molecule has 0 unspecified atom stereocenters. The maximum absolute atomic E-state index is 13.9. The Morgan fingerprint density at radius 1 is 0.700 bits per heavy atom. The second kappa shape index (κ2) is 32.9. The molecule has 0 atom stereocenters. The summed E-state index contributed by atoms with van der Waals surface area (Å²) in [5.74, 6) is 0.703. The lowest BCUT2D eigenvalue weighted by Crippen LogP contribution is -2.16. The molecule has 2 nitrogen and oxygen atoms in total. The molecule has 10 heteroatoms. The zero-order valence-electron chi connectivity index (χ0n) is 28.2. The van der Waals surface area contributed by atoms with Crippen LogP contribution >= 0.6 is 35.9 Å². The fourth-order valence-electron chi connectivity index (χ4n) is 2.21. The molecule has 1 rings (SSSR count). The molecule has 0 fully saturated rings. The van der Waals surface area contributed by atoms with Crippen molar-refractivity contribution in [2.75, 3.05) is 0 Å². The van der Waals surface area contributed by atoms with Crippen LogP contribution in [0.5, 0.6) is 5.75 Å². The Balaban J connectivity index is -0.000000192. The average Bonchev–Trinajstić information content (AvgIpc) is 2.92. The van der Waals surface area contributed by atoms with Crippen LogP contribution in [0, 0.1) is 0 Å². The minimum absolute atomic E-state index is 0.0389. The Bertz CT molecular complexity index is 640. The Morgan fingerprint density at radius 3 is 1.27 bits per heavy atom. The topological polar surface area (TPSA) is 21.3 Å². The summed E-state index contributed by atoms with van der Waals surface area (Å²) in [5.41, 5.74) is -1.95. The minimum Gasteiger partial charge on any atom is -0.418 e. The maximum atomic E-state index is 13.9. The van der Waals surface area contributed by atoms with Crippen molar-refractivity contribution < 1.29 is 26.1 Å². The molecule has 1 N–H and O–H groups in total. The Hall–Kier alpha value is -0.580. The van der Waals surface area contributed by atoms with E-state index in [4.69, 9.17) is 4.18 Å². The third-order valence-corrected chi connectivity index (χ3v) is 5.65. The monoisotopic (exact) mass is 641 g/mol. The average molecular weight is 642 g/mol. The van der Waals surface area contributed by atoms with E-state index in [0.29, 0.717) is 5.75 Å². The minimum atomic E-state index is -4.64. The molecule has 0 heterocycles. The van der Waals surface area contributed by atoms with Gasteiger partial charge in [0.15, 0.2) is 0 Å². The zero-order valence-corrected chi connectivity index (χ0v) is 30.6. The van der Waals surface area contributed by atoms with Crippen LogP contribution in [0.15, 0.2) is 24.8 Å². The summed E-state index contributed by atoms with van der Waals surface area (Å²) in [6.45, 7) is 37.1. The molecule has 0 bridgehead atoms. The predicted molar refractivity (Wildman–Crippen MR) is 179 cm³/mol. The third kappa shape index (κ3) is 28.9. The molecule has 0 aliphatic carbocycles. The highest BCUT2D eigenvalue weighted by molar-refractivity contribution is 8.20. The highest BCUT2D eigenvalue weighted by Crippen LogP contribution is 2.46. The lowest BCUT2D eigenvalue weighted by Gasteiger charge is -2.23. The summed E-state index contributed by atoms with van der Waals surface area (Å²) in [7, 11) is 0. The molecular weight excluding hydrogens is 582 g/mol. The summed E-state index contributed by atoms with van der Waals surface area (Å²) >= 11 is -1.23. The number of hydrogen-bond acceptors (Lipinski definition) is 5. The van der Waals surface area contributed by atoms with Crippen LogP contribution in [0.25, 0.3) is 0 Å². The fraction of sp³-hybridized carbons (Fsp3) is 0.733. The number of rotatable bonds is 9. The number of benzene rings is 1. The van der Waals surface area contributed by atoms with Crippen molar-refractivity contribution in [3.63, 3.8) is 0 Å². The highest BCUT2D eigenvalue weighted by atomic mass is 32.2. The molecule has 40 heavy (non-hydrogen) atoms. The van der Waals surface area contributed by atoms with E-state index in [1.54, 1.807) is 10.2 Å². The quantitative estimate of drug-likeness (QED) is 0.0949. The van der Waals surface area contributed by atoms with E-state index >= 15 is 0 Å². The van der Waals surface area contributed by atoms with E-state index in [1.165, 1.54) is 0 Å². The lowest BCUT2D eigenvalue weighted by atomic mass is 9.88. The van der Waals surface area contributed by atoms with Crippen LogP contribution in [0.1, 0.15) is 152 Å². The molecule has 244 valence electrons. The summed E-state index contributed by atoms with van der Waals surface area (Å²) in [4.78, 5) is 0. The van der Waals surface area contributed by atoms with Crippen LogP contribution in [0.2, 0.25) is 0 Å². The van der Waals surface area contributed by atoms with E-state index in [2.05, 4.69) is 6.58 Å². The smallest absolute Gasteiger partial charge is 0.418 e. The fourth-order valence-corrected chi connectivity index (χ4v) is 4.06. The standard InChI is InChI=1S/C17H24F5NOS3.C3H6.5C2H6/c1-9(2)12-7-13(10(3)4)15(14(8-12)11(5)6)24-27-17(21,22)26-23-25-16(18,19)20;1-3-2;5*1-2/h7-11,23H,1-6H3;3H,1H2,2H3;5*1-2H3. The van der Waals surface area contributed by atoms with Crippen LogP contribution in [0.3, 0.4) is 0 Å². The molecule has 0 aliphatic rings. The summed E-state index contributed by atoms with van der Waals surface area (Å²) in [5, 5.41) is 0. The van der Waals surface area contributed by atoms with Gasteiger partial charge in [-0.15, -0.1) is 6.58 Å². The van der Waals surface area contributed by atoms with Crippen molar-refractivity contribution in [1.82, 2.24) is 4.13 Å². The van der Waals surface area contributed by atoms with Gasteiger partial charge in [0.2, 0.25) is 0 Å². The summed E-state index contributed by atoms with van der Waals surface area (Å²) < 4.78 is 67.4. The molecule has 0 aromatic heterocycles. The maximum Gasteiger partial charge on any atom is 0.456 e. The Labute approximate surface area is 258 Å². The van der Waals surface area contributed by atoms with Gasteiger partial charge in [0.25, 0.3) is 0 Å². The predicted octanol–water partition coefficient (Wildman–Crippen LogP) is 14.4. The van der Waals surface area contributed by atoms with Crippen LogP contribution < -0.4 is 8.31 Å². The summed E-state index contributed by atoms with van der Waals surface area (Å²) in [6.07, 6.45) is 1.75. The van der Waals surface area contributed by atoms with Gasteiger partial charge in [-0.05, 0) is 41.4 Å². The van der Waals surface area contributed by atoms with Crippen LogP contribution in [-0.2, 0) is 0 Å². The van der Waals surface area contributed by atoms with Gasteiger partial charge in [0, 0.05) is 23.9 Å². The second-order valence-electron chi connectivity index (χ2n) is 7.26. The SMILES string of the molecule is C=CC.CC.CC.CC.CC.CC.CC(C)c1cc(C(C)C)c(OSC(F)(F)SNSC(F)(F)F)c(C(C)C)c1. The number of halogens is 5. The third-order valence-electron chi connectivity index (χ3n) is 3.62. The first-order valence-corrected chi connectivity index (χ1v) is 16.7. The molecule has 1 aromatic rings. The first-order valence-electron chi connectivity index (χ1n) is 14.3. The van der Waals surface area contributed by atoms with Gasteiger partial charge in [-0.2, -0.15) is 26.1 Å². The largest absolute Gasteiger partial charge is 0.456 e. The van der Waals surface area contributed by atoms with Gasteiger partial charge in [-0.1, -0.05) is 129 Å². The highest BCUT2D eigenvalue weighted by Gasteiger charge is 2.37. The van der Waals surface area contributed by atoms with Crippen LogP contribution in [0.4, 0.5) is 22.0 Å². The first kappa shape index (κ1) is 52.1. The van der Waals surface area contributed by atoms with Crippen molar-refractivity contribution in [3.05, 3.63) is 41.5 Å². The molecule has 0 saturated carbocycles. The van der Waals surface area contributed by atoms with Gasteiger partial charge in [-0.3, -0.25) is 0 Å². The van der Waals surface area contributed by atoms with Crippen molar-refractivity contribution in [1.29, 1.82) is 0 Å². The molecule has 1 aromatic carbocycles. The number of hydrogen-bond donors (Lipinski definition) is 1. The number of alkyl halides is 5. The molecule has 0 amide bonds. The summed E-state index contributed by atoms with van der Waals surface area (Å²) in [6, 6.07) is 3.89. The van der Waals surface area contributed by atoms with Crippen molar-refractivity contribution in [2.45, 2.75) is 146 Å². The Kier molecular flexibility index (Phi) is 42.9. The molecular formula is C30H60F5NOS3. The van der Waals surface area contributed by atoms with Crippen molar-refractivity contribution in [2.24, 2.45) is 0 Å². The van der Waals surface area contributed by atoms with Gasteiger partial charge in [-0.25, -0.2) is 0 Å². The van der Waals surface area contributed by atoms with E-state index in [9.17, 15) is 22.0 Å². The van der Waals surface area contributed by atoms with Gasteiger partial charge < -0.3 is 4.18 Å². The first-order chi connectivity index (χ1) is 18.6. The van der Waals surface area contributed by atoms with Gasteiger partial charge in [0.1, 0.15) is 17.8 Å². The van der Waals surface area contributed by atoms with Crippen molar-refractivity contribution in [3.8, 4) is 5.75 Å². The van der Waals surface area contributed by atoms with E-state index in [-0.39, 0.29) is 41.7 Å². The number of nitrogens with one attached hydrogen (secondary N) is 1. The van der Waals surface area contributed by atoms with Crippen LogP contribution in [-0.4, -0.2) is 10.1 Å².